The van der Waals surface area contributed by atoms with Gasteiger partial charge in [0.1, 0.15) is 0 Å². The molecule has 112 valence electrons. The van der Waals surface area contributed by atoms with Crippen LogP contribution < -0.4 is 5.32 Å². The number of anilines is 1. The Hall–Kier alpha value is -1.65. The molecule has 1 amide bonds. The molecular formula is C17H22N2OS. The van der Waals surface area contributed by atoms with E-state index in [2.05, 4.69) is 42.1 Å². The lowest BCUT2D eigenvalue weighted by molar-refractivity contribution is -0.117. The van der Waals surface area contributed by atoms with E-state index in [1.54, 1.807) is 11.3 Å². The number of carbonyl (C=O) groups excluding carboxylic acids is 1. The minimum Gasteiger partial charge on any atom is -0.325 e. The number of para-hydroxylation sites is 1. The topological polar surface area (TPSA) is 32.3 Å². The fourth-order valence-electron chi connectivity index (χ4n) is 2.30. The monoisotopic (exact) mass is 302 g/mol. The Morgan fingerprint density at radius 2 is 2.05 bits per heavy atom. The third-order valence-electron chi connectivity index (χ3n) is 3.30. The van der Waals surface area contributed by atoms with E-state index >= 15 is 0 Å². The lowest BCUT2D eigenvalue weighted by Crippen LogP contribution is -2.30. The van der Waals surface area contributed by atoms with Crippen LogP contribution in [-0.4, -0.2) is 24.4 Å². The summed E-state index contributed by atoms with van der Waals surface area (Å²) in [5, 5.41) is 7.20. The molecule has 1 aromatic heterocycles. The number of amides is 1. The first-order valence-electron chi connectivity index (χ1n) is 7.14. The number of thiophene rings is 1. The van der Waals surface area contributed by atoms with Crippen molar-refractivity contribution in [1.82, 2.24) is 4.90 Å². The zero-order valence-electron chi connectivity index (χ0n) is 12.8. The van der Waals surface area contributed by atoms with Crippen LogP contribution in [0.5, 0.6) is 0 Å². The Labute approximate surface area is 130 Å². The molecule has 0 aliphatic rings. The molecule has 2 aromatic rings. The Morgan fingerprint density at radius 3 is 2.71 bits per heavy atom. The first-order chi connectivity index (χ1) is 10.1. The predicted octanol–water partition coefficient (Wildman–Crippen LogP) is 3.94. The molecule has 0 saturated heterocycles. The number of hydrogen-bond acceptors (Lipinski definition) is 3. The molecule has 0 unspecified atom stereocenters. The van der Waals surface area contributed by atoms with Gasteiger partial charge in [-0.25, -0.2) is 0 Å². The van der Waals surface area contributed by atoms with Gasteiger partial charge in [-0.05, 0) is 47.0 Å². The second-order valence-electron chi connectivity index (χ2n) is 5.59. The molecule has 2 rings (SSSR count). The highest BCUT2D eigenvalue weighted by Crippen LogP contribution is 2.23. The van der Waals surface area contributed by atoms with Crippen LogP contribution >= 0.6 is 11.3 Å². The van der Waals surface area contributed by atoms with Crippen LogP contribution in [0.1, 0.15) is 30.9 Å². The van der Waals surface area contributed by atoms with Crippen molar-refractivity contribution in [1.29, 1.82) is 0 Å². The average Bonchev–Trinajstić information content (AvgIpc) is 2.91. The van der Waals surface area contributed by atoms with E-state index in [1.807, 2.05) is 30.1 Å². The summed E-state index contributed by atoms with van der Waals surface area (Å²) in [6, 6.07) is 10.1. The molecule has 21 heavy (non-hydrogen) atoms. The van der Waals surface area contributed by atoms with E-state index in [-0.39, 0.29) is 5.91 Å². The summed E-state index contributed by atoms with van der Waals surface area (Å²) >= 11 is 1.68. The maximum atomic E-state index is 12.2. The molecular weight excluding hydrogens is 280 g/mol. The van der Waals surface area contributed by atoms with Gasteiger partial charge < -0.3 is 5.32 Å². The highest BCUT2D eigenvalue weighted by atomic mass is 32.1. The molecule has 0 fully saturated rings. The second-order valence-corrected chi connectivity index (χ2v) is 6.37. The zero-order valence-corrected chi connectivity index (χ0v) is 13.6. The van der Waals surface area contributed by atoms with Gasteiger partial charge in [0.05, 0.1) is 6.54 Å². The molecule has 0 aliphatic heterocycles. The number of rotatable bonds is 6. The lowest BCUT2D eigenvalue weighted by atomic mass is 10.0. The number of carbonyl (C=O) groups is 1. The van der Waals surface area contributed by atoms with Gasteiger partial charge in [-0.15, -0.1) is 0 Å². The first-order valence-corrected chi connectivity index (χ1v) is 8.09. The maximum Gasteiger partial charge on any atom is 0.238 e. The highest BCUT2D eigenvalue weighted by Gasteiger charge is 2.11. The zero-order chi connectivity index (χ0) is 15.2. The van der Waals surface area contributed by atoms with Crippen molar-refractivity contribution in [2.45, 2.75) is 26.3 Å². The van der Waals surface area contributed by atoms with Gasteiger partial charge in [0.25, 0.3) is 0 Å². The lowest BCUT2D eigenvalue weighted by Gasteiger charge is -2.17. The van der Waals surface area contributed by atoms with E-state index in [4.69, 9.17) is 0 Å². The quantitative estimate of drug-likeness (QED) is 0.876. The van der Waals surface area contributed by atoms with E-state index in [1.165, 1.54) is 11.1 Å². The number of nitrogens with one attached hydrogen (secondary N) is 1. The van der Waals surface area contributed by atoms with Crippen molar-refractivity contribution in [2.75, 3.05) is 18.9 Å². The summed E-state index contributed by atoms with van der Waals surface area (Å²) in [6.07, 6.45) is 0. The van der Waals surface area contributed by atoms with Gasteiger partial charge in [0.15, 0.2) is 0 Å². The fourth-order valence-corrected chi connectivity index (χ4v) is 2.96. The van der Waals surface area contributed by atoms with Crippen LogP contribution in [0.2, 0.25) is 0 Å². The van der Waals surface area contributed by atoms with Gasteiger partial charge >= 0.3 is 0 Å². The van der Waals surface area contributed by atoms with E-state index in [0.29, 0.717) is 12.5 Å². The van der Waals surface area contributed by atoms with Crippen LogP contribution in [-0.2, 0) is 11.3 Å². The molecule has 0 saturated carbocycles. The number of benzene rings is 1. The van der Waals surface area contributed by atoms with Gasteiger partial charge in [0, 0.05) is 12.2 Å². The summed E-state index contributed by atoms with van der Waals surface area (Å²) in [6.45, 7) is 5.45. The number of hydrogen-bond donors (Lipinski definition) is 1. The molecule has 1 heterocycles. The molecule has 0 spiro atoms. The van der Waals surface area contributed by atoms with Crippen LogP contribution in [0.3, 0.4) is 0 Å². The minimum atomic E-state index is 0.0285. The minimum absolute atomic E-state index is 0.0285. The van der Waals surface area contributed by atoms with E-state index in [0.717, 1.165) is 12.2 Å². The van der Waals surface area contributed by atoms with Crippen LogP contribution in [0, 0.1) is 0 Å². The molecule has 0 bridgehead atoms. The average molecular weight is 302 g/mol. The van der Waals surface area contributed by atoms with Crippen molar-refractivity contribution >= 4 is 22.9 Å². The molecule has 4 heteroatoms. The summed E-state index contributed by atoms with van der Waals surface area (Å²) in [5.74, 6) is 0.422. The summed E-state index contributed by atoms with van der Waals surface area (Å²) in [5.41, 5.74) is 3.34. The standard InChI is InChI=1S/C17H22N2OS/c1-13(2)15-6-4-5-7-16(15)18-17(20)11-19(3)10-14-8-9-21-12-14/h4-9,12-13H,10-11H2,1-3H3,(H,18,20). The fraction of sp³-hybridized carbons (Fsp3) is 0.353. The van der Waals surface area contributed by atoms with Crippen LogP contribution in [0.15, 0.2) is 41.1 Å². The van der Waals surface area contributed by atoms with Gasteiger partial charge in [-0.2, -0.15) is 11.3 Å². The first kappa shape index (κ1) is 15.7. The second kappa shape index (κ2) is 7.38. The summed E-state index contributed by atoms with van der Waals surface area (Å²) in [7, 11) is 1.96. The molecule has 0 radical (unpaired) electrons. The Balaban J connectivity index is 1.92. The van der Waals surface area contributed by atoms with Gasteiger partial charge in [-0.1, -0.05) is 32.0 Å². The number of likely N-dealkylation sites (N-methyl/N-ethyl adjacent to an activating group) is 1. The largest absolute Gasteiger partial charge is 0.325 e. The van der Waals surface area contributed by atoms with E-state index in [9.17, 15) is 4.79 Å². The third-order valence-corrected chi connectivity index (χ3v) is 4.04. The predicted molar refractivity (Wildman–Crippen MR) is 89.8 cm³/mol. The highest BCUT2D eigenvalue weighted by molar-refractivity contribution is 7.07. The maximum absolute atomic E-state index is 12.2. The normalized spacial score (nSPS) is 11.1. The van der Waals surface area contributed by atoms with Crippen molar-refractivity contribution in [3.8, 4) is 0 Å². The molecule has 1 N–H and O–H groups in total. The van der Waals surface area contributed by atoms with Crippen LogP contribution in [0.4, 0.5) is 5.69 Å². The summed E-state index contributed by atoms with van der Waals surface area (Å²) < 4.78 is 0. The smallest absolute Gasteiger partial charge is 0.238 e. The van der Waals surface area contributed by atoms with Crippen LogP contribution in [0.25, 0.3) is 0 Å². The van der Waals surface area contributed by atoms with Crippen molar-refractivity contribution in [3.05, 3.63) is 52.2 Å². The Kier molecular flexibility index (Phi) is 5.53. The SMILES string of the molecule is CC(C)c1ccccc1NC(=O)CN(C)Cc1ccsc1. The molecule has 3 nitrogen and oxygen atoms in total. The molecule has 0 atom stereocenters. The van der Waals surface area contributed by atoms with Crippen molar-refractivity contribution in [2.24, 2.45) is 0 Å². The van der Waals surface area contributed by atoms with Crippen molar-refractivity contribution in [3.63, 3.8) is 0 Å². The summed E-state index contributed by atoms with van der Waals surface area (Å²) in [4.78, 5) is 14.2. The Bertz CT molecular complexity index is 578. The molecule has 1 aromatic carbocycles. The van der Waals surface area contributed by atoms with Crippen molar-refractivity contribution < 1.29 is 4.79 Å². The molecule has 0 aliphatic carbocycles. The van der Waals surface area contributed by atoms with Gasteiger partial charge in [-0.3, -0.25) is 9.69 Å². The third kappa shape index (κ3) is 4.69. The van der Waals surface area contributed by atoms with Gasteiger partial charge in [0.2, 0.25) is 5.91 Å². The number of nitrogens with zero attached hydrogens (tertiary/aromatic N) is 1. The van der Waals surface area contributed by atoms with E-state index < -0.39 is 0 Å². The Morgan fingerprint density at radius 1 is 1.29 bits per heavy atom.